The molecule has 0 atom stereocenters. The lowest BCUT2D eigenvalue weighted by Crippen LogP contribution is -2.04. The molecule has 2 rings (SSSR count). The summed E-state index contributed by atoms with van der Waals surface area (Å²) >= 11 is 0. The van der Waals surface area contributed by atoms with Crippen LogP contribution in [0.4, 0.5) is 19.0 Å². The van der Waals surface area contributed by atoms with Crippen molar-refractivity contribution < 1.29 is 17.9 Å². The molecule has 0 spiro atoms. The molecule has 1 aromatic carbocycles. The Bertz CT molecular complexity index is 553. The van der Waals surface area contributed by atoms with Gasteiger partial charge in [0, 0.05) is 19.3 Å². The number of rotatable bonds is 3. The smallest absolute Gasteiger partial charge is 0.416 e. The topological polar surface area (TPSA) is 34.1 Å². The number of aromatic nitrogens is 1. The third kappa shape index (κ3) is 3.37. The van der Waals surface area contributed by atoms with Crippen LogP contribution in [0.1, 0.15) is 5.56 Å². The number of alkyl halides is 3. The molecule has 0 fully saturated rings. The second-order valence-electron chi connectivity index (χ2n) is 3.75. The zero-order valence-corrected chi connectivity index (χ0v) is 10.0. The van der Waals surface area contributed by atoms with Crippen LogP contribution in [0.15, 0.2) is 42.6 Å². The molecular formula is C13H11F3N2O. The Balaban J connectivity index is 2.15. The molecule has 0 unspecified atom stereocenters. The number of hydrogen-bond donors (Lipinski definition) is 1. The highest BCUT2D eigenvalue weighted by molar-refractivity contribution is 5.42. The van der Waals surface area contributed by atoms with Crippen molar-refractivity contribution in [3.05, 3.63) is 48.2 Å². The predicted octanol–water partition coefficient (Wildman–Crippen LogP) is 3.93. The van der Waals surface area contributed by atoms with Gasteiger partial charge in [0.25, 0.3) is 0 Å². The van der Waals surface area contributed by atoms with Crippen LogP contribution in [0, 0.1) is 0 Å². The van der Waals surface area contributed by atoms with Crippen molar-refractivity contribution in [1.29, 1.82) is 0 Å². The van der Waals surface area contributed by atoms with Crippen LogP contribution in [0.3, 0.4) is 0 Å². The standard InChI is InChI=1S/C13H11F3N2O/c1-17-12-8-11(6-7-18-12)19-10-4-2-9(3-5-10)13(14,15)16/h2-8H,1H3,(H,17,18). The summed E-state index contributed by atoms with van der Waals surface area (Å²) in [7, 11) is 1.71. The van der Waals surface area contributed by atoms with Gasteiger partial charge in [-0.05, 0) is 30.3 Å². The van der Waals surface area contributed by atoms with Crippen LogP contribution in [-0.2, 0) is 6.18 Å². The molecule has 6 heteroatoms. The van der Waals surface area contributed by atoms with Crippen molar-refractivity contribution in [3.8, 4) is 11.5 Å². The van der Waals surface area contributed by atoms with Gasteiger partial charge in [-0.25, -0.2) is 4.98 Å². The van der Waals surface area contributed by atoms with E-state index in [1.165, 1.54) is 12.1 Å². The quantitative estimate of drug-likeness (QED) is 0.915. The first-order chi connectivity index (χ1) is 8.99. The minimum Gasteiger partial charge on any atom is -0.457 e. The van der Waals surface area contributed by atoms with Gasteiger partial charge < -0.3 is 10.1 Å². The molecule has 0 saturated heterocycles. The second-order valence-corrected chi connectivity index (χ2v) is 3.75. The summed E-state index contributed by atoms with van der Waals surface area (Å²) in [6.45, 7) is 0. The summed E-state index contributed by atoms with van der Waals surface area (Å²) in [6.07, 6.45) is -2.79. The Morgan fingerprint density at radius 1 is 1.05 bits per heavy atom. The molecule has 3 nitrogen and oxygen atoms in total. The molecular weight excluding hydrogens is 257 g/mol. The SMILES string of the molecule is CNc1cc(Oc2ccc(C(F)(F)F)cc2)ccn1. The first-order valence-corrected chi connectivity index (χ1v) is 5.48. The highest BCUT2D eigenvalue weighted by atomic mass is 19.4. The Morgan fingerprint density at radius 3 is 2.32 bits per heavy atom. The molecule has 0 radical (unpaired) electrons. The van der Waals surface area contributed by atoms with E-state index in [4.69, 9.17) is 4.74 Å². The predicted molar refractivity (Wildman–Crippen MR) is 65.3 cm³/mol. The van der Waals surface area contributed by atoms with Crippen molar-refractivity contribution >= 4 is 5.82 Å². The molecule has 19 heavy (non-hydrogen) atoms. The fourth-order valence-corrected chi connectivity index (χ4v) is 1.46. The monoisotopic (exact) mass is 268 g/mol. The first kappa shape index (κ1) is 13.2. The lowest BCUT2D eigenvalue weighted by Gasteiger charge is -2.09. The lowest BCUT2D eigenvalue weighted by atomic mass is 10.2. The zero-order chi connectivity index (χ0) is 13.9. The molecule has 0 aliphatic rings. The van der Waals surface area contributed by atoms with Gasteiger partial charge in [-0.1, -0.05) is 0 Å². The van der Waals surface area contributed by atoms with Gasteiger partial charge in [0.15, 0.2) is 0 Å². The second kappa shape index (κ2) is 5.17. The molecule has 1 aromatic heterocycles. The fourth-order valence-electron chi connectivity index (χ4n) is 1.46. The largest absolute Gasteiger partial charge is 0.457 e. The molecule has 0 aliphatic carbocycles. The van der Waals surface area contributed by atoms with Gasteiger partial charge >= 0.3 is 6.18 Å². The Labute approximate surface area is 108 Å². The summed E-state index contributed by atoms with van der Waals surface area (Å²) in [5, 5.41) is 2.84. The number of ether oxygens (including phenoxy) is 1. The van der Waals surface area contributed by atoms with Crippen LogP contribution in [0.5, 0.6) is 11.5 Å². The van der Waals surface area contributed by atoms with Crippen molar-refractivity contribution in [2.75, 3.05) is 12.4 Å². The summed E-state index contributed by atoms with van der Waals surface area (Å²) in [5.41, 5.74) is -0.703. The number of halogens is 3. The number of nitrogens with zero attached hydrogens (tertiary/aromatic N) is 1. The van der Waals surface area contributed by atoms with Gasteiger partial charge in [-0.2, -0.15) is 13.2 Å². The van der Waals surface area contributed by atoms with Crippen LogP contribution in [0.25, 0.3) is 0 Å². The lowest BCUT2D eigenvalue weighted by molar-refractivity contribution is -0.137. The summed E-state index contributed by atoms with van der Waals surface area (Å²) in [5.74, 6) is 1.45. The van der Waals surface area contributed by atoms with Crippen molar-refractivity contribution in [2.45, 2.75) is 6.18 Å². The van der Waals surface area contributed by atoms with Crippen LogP contribution >= 0.6 is 0 Å². The van der Waals surface area contributed by atoms with Gasteiger partial charge in [-0.3, -0.25) is 0 Å². The van der Waals surface area contributed by atoms with Gasteiger partial charge in [0.1, 0.15) is 17.3 Å². The van der Waals surface area contributed by atoms with Crippen LogP contribution in [0.2, 0.25) is 0 Å². The van der Waals surface area contributed by atoms with E-state index >= 15 is 0 Å². The normalized spacial score (nSPS) is 11.2. The van der Waals surface area contributed by atoms with E-state index in [1.807, 2.05) is 0 Å². The zero-order valence-electron chi connectivity index (χ0n) is 10.0. The van der Waals surface area contributed by atoms with Gasteiger partial charge in [0.05, 0.1) is 5.56 Å². The molecule has 0 bridgehead atoms. The highest BCUT2D eigenvalue weighted by Gasteiger charge is 2.30. The summed E-state index contributed by atoms with van der Waals surface area (Å²) < 4.78 is 42.6. The van der Waals surface area contributed by atoms with Crippen molar-refractivity contribution in [1.82, 2.24) is 4.98 Å². The summed E-state index contributed by atoms with van der Waals surface area (Å²) in [6, 6.07) is 7.80. The first-order valence-electron chi connectivity index (χ1n) is 5.48. The third-order valence-corrected chi connectivity index (χ3v) is 2.40. The third-order valence-electron chi connectivity index (χ3n) is 2.40. The number of anilines is 1. The molecule has 0 saturated carbocycles. The van der Waals surface area contributed by atoms with E-state index in [2.05, 4.69) is 10.3 Å². The Hall–Kier alpha value is -2.24. The Kier molecular flexibility index (Phi) is 3.59. The van der Waals surface area contributed by atoms with Crippen LogP contribution in [-0.4, -0.2) is 12.0 Å². The molecule has 0 aliphatic heterocycles. The maximum absolute atomic E-state index is 12.4. The number of hydrogen-bond acceptors (Lipinski definition) is 3. The number of nitrogens with one attached hydrogen (secondary N) is 1. The molecule has 0 amide bonds. The van der Waals surface area contributed by atoms with Gasteiger partial charge in [-0.15, -0.1) is 0 Å². The van der Waals surface area contributed by atoms with E-state index in [9.17, 15) is 13.2 Å². The maximum atomic E-state index is 12.4. The highest BCUT2D eigenvalue weighted by Crippen LogP contribution is 2.31. The Morgan fingerprint density at radius 2 is 1.74 bits per heavy atom. The number of pyridine rings is 1. The fraction of sp³-hybridized carbons (Fsp3) is 0.154. The minimum absolute atomic E-state index is 0.334. The molecule has 1 N–H and O–H groups in total. The van der Waals surface area contributed by atoms with E-state index in [0.717, 1.165) is 12.1 Å². The van der Waals surface area contributed by atoms with Crippen molar-refractivity contribution in [2.24, 2.45) is 0 Å². The van der Waals surface area contributed by atoms with Crippen LogP contribution < -0.4 is 10.1 Å². The summed E-state index contributed by atoms with van der Waals surface area (Å²) in [4.78, 5) is 4.01. The maximum Gasteiger partial charge on any atom is 0.416 e. The number of benzene rings is 1. The van der Waals surface area contributed by atoms with Crippen molar-refractivity contribution in [3.63, 3.8) is 0 Å². The van der Waals surface area contributed by atoms with E-state index in [1.54, 1.807) is 25.4 Å². The van der Waals surface area contributed by atoms with E-state index < -0.39 is 11.7 Å². The van der Waals surface area contributed by atoms with Gasteiger partial charge in [0.2, 0.25) is 0 Å². The molecule has 100 valence electrons. The van der Waals surface area contributed by atoms with E-state index in [0.29, 0.717) is 17.3 Å². The average molecular weight is 268 g/mol. The molecule has 1 heterocycles. The van der Waals surface area contributed by atoms with E-state index in [-0.39, 0.29) is 0 Å². The average Bonchev–Trinajstić information content (AvgIpc) is 2.38. The minimum atomic E-state index is -4.34. The molecule has 2 aromatic rings.